The lowest BCUT2D eigenvalue weighted by molar-refractivity contribution is -0.385. The summed E-state index contributed by atoms with van der Waals surface area (Å²) < 4.78 is 142. The highest BCUT2D eigenvalue weighted by atomic mass is 32.2. The van der Waals surface area contributed by atoms with Gasteiger partial charge in [-0.15, -0.1) is 11.8 Å². The summed E-state index contributed by atoms with van der Waals surface area (Å²) >= 11 is 1.78. The summed E-state index contributed by atoms with van der Waals surface area (Å²) in [5.41, 5.74) is 14.2. The maximum Gasteiger partial charge on any atom is 0.411 e. The monoisotopic (exact) mass is 1710 g/mol. The van der Waals surface area contributed by atoms with Gasteiger partial charge in [-0.3, -0.25) is 15.4 Å². The van der Waals surface area contributed by atoms with Crippen molar-refractivity contribution in [3.63, 3.8) is 0 Å². The molecule has 0 saturated carbocycles. The fourth-order valence-corrected chi connectivity index (χ4v) is 10.2. The molecule has 11 aromatic rings. The number of nitro groups is 1. The highest BCUT2D eigenvalue weighted by Crippen LogP contribution is 2.31. The summed E-state index contributed by atoms with van der Waals surface area (Å²) in [5.74, 6) is -4.97. The maximum absolute atomic E-state index is 12.8. The molecule has 0 bridgehead atoms. The van der Waals surface area contributed by atoms with Crippen LogP contribution in [0.15, 0.2) is 199 Å². The van der Waals surface area contributed by atoms with Crippen LogP contribution >= 0.6 is 11.8 Å². The Bertz CT molecular complexity index is 4990. The Balaban J connectivity index is 0.000000672. The minimum Gasteiger partial charge on any atom is -0.496 e. The predicted molar refractivity (Wildman–Crippen MR) is 471 cm³/mol. The standard InChI is InChI=1S/C10H12O3.C9H11NO2.C9H9NO.C9H13N.C9H12O2.C9H12O.C8H6F4O.C8H8F2O.C8H9FO.C8H9NO3.C8H10S/c1-7-4-5-9(12-2)8(6-7)10(11)13-3;1-7-3-5-8(6-4-7)10-9(11)12-2;1-7-3-4-9(11-2)8(5-7)6-10;1-8-4-6-9(7-5-8)10(2)3;1-7-4-5-8(10-2)9(6-7)11-3;1-7-4-5-9(10-3)8(2)6-7;1-3-4(9)6(11)8(13-2)7(12)5(3)10;1-5-3-6(9)8(11-2)7(10)4-5;1-6-3-4-8(10-2)7(9)5-6;1-6-3-4-8(12-2)7(5-6)9(10)11;1-7-3-5-8(9-2)6-4-7/h4-6H,1-3H3;3-6H,1-2H3,(H,10,11);3-5H,1-2H3;4-7H,1-3H3;4-6H,1-3H3;4-6H,1-3H3;1-2H3;3-4H,1-2H3;3-5H,1-2H3;3-5H,1-2H3;3-6H,1-2H3. The Labute approximate surface area is 717 Å². The number of methoxy groups -OCH3 is 11. The lowest BCUT2D eigenvalue weighted by atomic mass is 10.1. The molecule has 0 aliphatic heterocycles. The molecule has 1 amide bonds. The summed E-state index contributed by atoms with van der Waals surface area (Å²) in [5, 5.41) is 21.7. The van der Waals surface area contributed by atoms with E-state index in [1.165, 1.54) is 105 Å². The first-order chi connectivity index (χ1) is 57.7. The zero-order valence-corrected chi connectivity index (χ0v) is 74.8. The van der Waals surface area contributed by atoms with Gasteiger partial charge in [0.1, 0.15) is 28.9 Å². The van der Waals surface area contributed by atoms with Gasteiger partial charge in [0.25, 0.3) is 0 Å². The third kappa shape index (κ3) is 38.3. The van der Waals surface area contributed by atoms with E-state index in [1.54, 1.807) is 96.5 Å². The Morgan fingerprint density at radius 3 is 1.17 bits per heavy atom. The number of hydrogen-bond donors (Lipinski definition) is 1. The Kier molecular flexibility index (Phi) is 50.1. The van der Waals surface area contributed by atoms with Gasteiger partial charge in [0.05, 0.1) is 88.7 Å². The molecule has 11 rings (SSSR count). The number of benzene rings is 11. The second-order valence-corrected chi connectivity index (χ2v) is 27.2. The number of thioether (sulfide) groups is 1. The lowest BCUT2D eigenvalue weighted by Gasteiger charge is -2.11. The van der Waals surface area contributed by atoms with Crippen molar-refractivity contribution in [1.82, 2.24) is 0 Å². The molecule has 0 heterocycles. The molecule has 122 heavy (non-hydrogen) atoms. The summed E-state index contributed by atoms with van der Waals surface area (Å²) in [6.07, 6.45) is 1.64. The van der Waals surface area contributed by atoms with Crippen molar-refractivity contribution in [2.24, 2.45) is 0 Å². The van der Waals surface area contributed by atoms with Crippen LogP contribution in [0, 0.1) is 145 Å². The van der Waals surface area contributed by atoms with E-state index in [1.807, 2.05) is 128 Å². The van der Waals surface area contributed by atoms with Crippen LogP contribution in [0.25, 0.3) is 0 Å². The maximum atomic E-state index is 12.8. The van der Waals surface area contributed by atoms with Gasteiger partial charge < -0.3 is 57.0 Å². The van der Waals surface area contributed by atoms with Crippen LogP contribution in [0.3, 0.4) is 0 Å². The molecule has 1 N–H and O–H groups in total. The smallest absolute Gasteiger partial charge is 0.411 e. The number of nitrogens with one attached hydrogen (secondary N) is 1. The molecule has 11 aromatic carbocycles. The zero-order chi connectivity index (χ0) is 92.5. The number of amides is 1. The molecule has 0 saturated heterocycles. The van der Waals surface area contributed by atoms with E-state index >= 15 is 0 Å². The van der Waals surface area contributed by atoms with E-state index in [4.69, 9.17) is 38.4 Å². The van der Waals surface area contributed by atoms with Crippen LogP contribution in [0.4, 0.5) is 52.6 Å². The normalized spacial score (nSPS) is 9.51. The summed E-state index contributed by atoms with van der Waals surface area (Å²) in [7, 11) is 19.9. The van der Waals surface area contributed by atoms with Crippen molar-refractivity contribution >= 4 is 40.9 Å². The molecule has 0 aliphatic rings. The van der Waals surface area contributed by atoms with E-state index in [-0.39, 0.29) is 23.2 Å². The minimum absolute atomic E-state index is 0.0116. The number of carbonyl (C=O) groups excluding carboxylic acids is 2. The van der Waals surface area contributed by atoms with Gasteiger partial charge >= 0.3 is 17.7 Å². The van der Waals surface area contributed by atoms with Crippen LogP contribution in [-0.4, -0.2) is 116 Å². The summed E-state index contributed by atoms with van der Waals surface area (Å²) in [6.45, 7) is 22.4. The number of carbonyl (C=O) groups is 2. The van der Waals surface area contributed by atoms with Crippen LogP contribution in [0.5, 0.6) is 51.7 Å². The average Bonchev–Trinajstić information content (AvgIpc) is 0.799. The molecule has 0 radical (unpaired) electrons. The van der Waals surface area contributed by atoms with Crippen LogP contribution in [-0.2, 0) is 9.47 Å². The quantitative estimate of drug-likeness (QED) is 0.0267. The van der Waals surface area contributed by atoms with Gasteiger partial charge in [-0.25, -0.2) is 31.5 Å². The van der Waals surface area contributed by atoms with Gasteiger partial charge in [-0.2, -0.15) is 14.0 Å². The van der Waals surface area contributed by atoms with E-state index in [2.05, 4.69) is 117 Å². The third-order valence-corrected chi connectivity index (χ3v) is 17.2. The van der Waals surface area contributed by atoms with Crippen molar-refractivity contribution in [3.8, 4) is 57.8 Å². The van der Waals surface area contributed by atoms with E-state index in [9.17, 15) is 50.4 Å². The molecule has 27 heteroatoms. The average molecular weight is 1710 g/mol. The van der Waals surface area contributed by atoms with E-state index in [0.717, 1.165) is 64.8 Å². The van der Waals surface area contributed by atoms with E-state index in [0.29, 0.717) is 39.7 Å². The van der Waals surface area contributed by atoms with Gasteiger partial charge in [0.15, 0.2) is 63.6 Å². The van der Waals surface area contributed by atoms with Crippen molar-refractivity contribution in [3.05, 3.63) is 323 Å². The molecule has 0 spiro atoms. The number of hydrogen-bond acceptors (Lipinski definition) is 18. The molecule has 0 atom stereocenters. The largest absolute Gasteiger partial charge is 0.496 e. The fourth-order valence-electron chi connectivity index (χ4n) is 9.79. The highest BCUT2D eigenvalue weighted by molar-refractivity contribution is 7.98. The number of halogens is 7. The van der Waals surface area contributed by atoms with Gasteiger partial charge in [-0.1, -0.05) is 107 Å². The Hall–Kier alpha value is -13.1. The molecular weight excluding hydrogens is 1600 g/mol. The highest BCUT2D eigenvalue weighted by Gasteiger charge is 2.24. The third-order valence-electron chi connectivity index (χ3n) is 16.4. The number of ether oxygens (including phenoxy) is 11. The van der Waals surface area contributed by atoms with Gasteiger partial charge in [0, 0.05) is 42.0 Å². The molecule has 0 fully saturated rings. The number of anilines is 2. The molecule has 0 aliphatic carbocycles. The number of esters is 1. The number of nitrogens with zero attached hydrogens (tertiary/aromatic N) is 3. The number of rotatable bonds is 14. The van der Waals surface area contributed by atoms with Crippen molar-refractivity contribution in [1.29, 1.82) is 5.26 Å². The summed E-state index contributed by atoms with van der Waals surface area (Å²) in [4.78, 5) is 35.4. The minimum atomic E-state index is -1.51. The van der Waals surface area contributed by atoms with Crippen LogP contribution in [0.2, 0.25) is 0 Å². The predicted octanol–water partition coefficient (Wildman–Crippen LogP) is 23.8. The second kappa shape index (κ2) is 57.1. The molecule has 0 unspecified atom stereocenters. The molecule has 656 valence electrons. The van der Waals surface area contributed by atoms with Crippen LogP contribution < -0.4 is 52.8 Å². The van der Waals surface area contributed by atoms with Crippen molar-refractivity contribution in [2.45, 2.75) is 88.0 Å². The topological polar surface area (TPSA) is 218 Å². The number of nitro benzene ring substituents is 1. The summed E-state index contributed by atoms with van der Waals surface area (Å²) in [6, 6.07) is 61.6. The van der Waals surface area contributed by atoms with Gasteiger partial charge in [-0.05, 0) is 232 Å². The molecule has 19 nitrogen and oxygen atoms in total. The molecule has 0 aromatic heterocycles. The first-order valence-electron chi connectivity index (χ1n) is 37.1. The van der Waals surface area contributed by atoms with Crippen molar-refractivity contribution < 1.29 is 97.4 Å². The number of aryl methyl sites for hydroxylation is 11. The number of nitriles is 1. The fraction of sp³-hybridized carbons (Fsp3) is 0.274. The Morgan fingerprint density at radius 1 is 0.385 bits per heavy atom. The zero-order valence-electron chi connectivity index (χ0n) is 74.0. The second-order valence-electron chi connectivity index (χ2n) is 26.3. The lowest BCUT2D eigenvalue weighted by Crippen LogP contribution is -2.10. The first-order valence-corrected chi connectivity index (χ1v) is 38.3. The van der Waals surface area contributed by atoms with Crippen LogP contribution in [0.1, 0.15) is 82.7 Å². The molecular formula is C95H111F7N4O15S. The van der Waals surface area contributed by atoms with Crippen molar-refractivity contribution in [2.75, 3.05) is 109 Å². The first kappa shape index (κ1) is 107. The Morgan fingerprint density at radius 2 is 0.762 bits per heavy atom. The SMILES string of the molecule is COC(=O)Nc1ccc(C)cc1.COC(=O)c1cc(C)ccc1OC.COc1c(F)c(F)c(C)c(F)c1F.COc1c(F)cc(C)cc1F.COc1ccc(C)cc1C.COc1ccc(C)cc1C#N.COc1ccc(C)cc1F.COc1ccc(C)cc1OC.COc1ccc(C)cc1[N+](=O)[O-].CSc1ccc(C)cc1.Cc1ccc(N(C)C)cc1. The van der Waals surface area contributed by atoms with Gasteiger partial charge in [0.2, 0.25) is 11.6 Å². The van der Waals surface area contributed by atoms with E-state index < -0.39 is 57.2 Å².